The molecule has 28 heavy (non-hydrogen) atoms. The summed E-state index contributed by atoms with van der Waals surface area (Å²) in [5, 5.41) is 8.25. The topological polar surface area (TPSA) is 49.8 Å². The summed E-state index contributed by atoms with van der Waals surface area (Å²) in [7, 11) is -19.3. The molecule has 0 aliphatic carbocycles. The Morgan fingerprint density at radius 1 is 0.679 bits per heavy atom. The van der Waals surface area contributed by atoms with E-state index in [1.165, 1.54) is 6.07 Å². The summed E-state index contributed by atoms with van der Waals surface area (Å²) in [6.07, 6.45) is 0. The van der Waals surface area contributed by atoms with Crippen molar-refractivity contribution in [2.24, 2.45) is 5.73 Å². The molecule has 0 bridgehead atoms. The van der Waals surface area contributed by atoms with Crippen LogP contribution in [0.2, 0.25) is 0 Å². The summed E-state index contributed by atoms with van der Waals surface area (Å²) in [5.41, 5.74) is 3.30. The van der Waals surface area contributed by atoms with E-state index < -0.39 is 47.9 Å². The molecule has 2 N–H and O–H groups in total. The number of benzene rings is 2. The van der Waals surface area contributed by atoms with E-state index in [9.17, 15) is 38.9 Å². The van der Waals surface area contributed by atoms with E-state index in [1.807, 2.05) is 0 Å². The van der Waals surface area contributed by atoms with Crippen molar-refractivity contribution in [3.05, 3.63) is 59.7 Å². The van der Waals surface area contributed by atoms with Crippen LogP contribution in [-0.2, 0) is 6.54 Å². The van der Waals surface area contributed by atoms with Crippen molar-refractivity contribution in [2.75, 3.05) is 0 Å². The molecule has 0 aliphatic heterocycles. The van der Waals surface area contributed by atoms with Crippen molar-refractivity contribution in [2.45, 2.75) is 16.3 Å². The van der Waals surface area contributed by atoms with Crippen LogP contribution < -0.4 is 5.73 Å². The van der Waals surface area contributed by atoms with Gasteiger partial charge in [-0.2, -0.15) is 5.26 Å². The van der Waals surface area contributed by atoms with E-state index in [4.69, 9.17) is 11.0 Å². The Bertz CT molecular complexity index is 932. The van der Waals surface area contributed by atoms with Gasteiger partial charge in [0, 0.05) is 6.54 Å². The van der Waals surface area contributed by atoms with Gasteiger partial charge in [-0.05, 0) is 23.8 Å². The molecule has 0 aliphatic rings. The Kier molecular flexibility index (Phi) is 4.88. The minimum Gasteiger partial charge on any atom is -0.326 e. The maximum atomic E-state index is 12.3. The summed E-state index contributed by atoms with van der Waals surface area (Å²) in [5.74, 6) is 0. The average molecular weight is 462 g/mol. The summed E-state index contributed by atoms with van der Waals surface area (Å²) in [6, 6.07) is 7.32. The lowest BCUT2D eigenvalue weighted by Gasteiger charge is -2.41. The number of rotatable bonds is 3. The Labute approximate surface area is 153 Å². The molecule has 0 radical (unpaired) electrons. The van der Waals surface area contributed by atoms with Crippen molar-refractivity contribution >= 4 is 20.4 Å². The number of hydrogen-bond acceptors (Lipinski definition) is 2. The molecule has 0 saturated carbocycles. The fraction of sp³-hybridized carbons (Fsp3) is 0.0714. The largest absolute Gasteiger partial charge is 0.326 e. The fourth-order valence-corrected chi connectivity index (χ4v) is 3.79. The minimum atomic E-state index is -9.72. The molecule has 2 aromatic carbocycles. The second-order valence-electron chi connectivity index (χ2n) is 5.36. The molecular formula is C14H12F10N2S2. The fourth-order valence-electron chi connectivity index (χ4n) is 1.94. The van der Waals surface area contributed by atoms with E-state index in [-0.39, 0.29) is 6.07 Å². The lowest BCUT2D eigenvalue weighted by molar-refractivity contribution is 0.359. The SMILES string of the molecule is N#Cc1ccccc1S(F)(F)(F)(F)F.NCc1ccccc1S(F)(F)(F)(F)F. The average Bonchev–Trinajstić information content (AvgIpc) is 2.51. The van der Waals surface area contributed by atoms with E-state index in [0.29, 0.717) is 12.1 Å². The third-order valence-electron chi connectivity index (χ3n) is 3.03. The third-order valence-corrected chi connectivity index (χ3v) is 5.45. The van der Waals surface area contributed by atoms with Gasteiger partial charge < -0.3 is 5.73 Å². The molecule has 0 unspecified atom stereocenters. The van der Waals surface area contributed by atoms with Gasteiger partial charge in [-0.1, -0.05) is 69.2 Å². The second-order valence-corrected chi connectivity index (χ2v) is 10.1. The first-order valence-corrected chi connectivity index (χ1v) is 10.7. The number of nitriles is 1. The maximum absolute atomic E-state index is 12.3. The second kappa shape index (κ2) is 5.71. The Hall–Kier alpha value is -2.11. The van der Waals surface area contributed by atoms with Crippen LogP contribution in [-0.4, -0.2) is 0 Å². The molecule has 2 aromatic rings. The van der Waals surface area contributed by atoms with Crippen LogP contribution in [0.1, 0.15) is 11.1 Å². The van der Waals surface area contributed by atoms with E-state index in [0.717, 1.165) is 30.3 Å². The monoisotopic (exact) mass is 462 g/mol. The smallest absolute Gasteiger partial charge is 0.311 e. The van der Waals surface area contributed by atoms with Gasteiger partial charge in [0.2, 0.25) is 0 Å². The van der Waals surface area contributed by atoms with Crippen molar-refractivity contribution < 1.29 is 38.9 Å². The maximum Gasteiger partial charge on any atom is 0.311 e. The van der Waals surface area contributed by atoms with Gasteiger partial charge >= 0.3 is 20.4 Å². The standard InChI is InChI=1S/C7H8F5NS.C7H4F5NS/c2*8-14(9,10,11,12)7-4-2-1-3-6(7)5-13/h1-4H,5,13H2;1-4H. The zero-order valence-corrected chi connectivity index (χ0v) is 15.1. The van der Waals surface area contributed by atoms with Crippen LogP contribution in [0.25, 0.3) is 0 Å². The third kappa shape index (κ3) is 6.50. The van der Waals surface area contributed by atoms with Crippen LogP contribution in [0, 0.1) is 11.3 Å². The molecule has 0 heterocycles. The molecule has 0 aromatic heterocycles. The molecule has 2 nitrogen and oxygen atoms in total. The first-order chi connectivity index (χ1) is 12.1. The highest BCUT2D eigenvalue weighted by Crippen LogP contribution is 3.03. The van der Waals surface area contributed by atoms with Crippen LogP contribution in [0.4, 0.5) is 38.9 Å². The lowest BCUT2D eigenvalue weighted by Crippen LogP contribution is -2.11. The molecule has 14 heteroatoms. The summed E-state index contributed by atoms with van der Waals surface area (Å²) < 4.78 is 123. The molecule has 0 amide bonds. The predicted octanol–water partition coefficient (Wildman–Crippen LogP) is 8.02. The zero-order chi connectivity index (χ0) is 22.2. The summed E-state index contributed by atoms with van der Waals surface area (Å²) in [4.78, 5) is -4.02. The van der Waals surface area contributed by atoms with Gasteiger partial charge in [-0.25, -0.2) is 0 Å². The Morgan fingerprint density at radius 3 is 1.39 bits per heavy atom. The van der Waals surface area contributed by atoms with Crippen LogP contribution in [0.5, 0.6) is 0 Å². The van der Waals surface area contributed by atoms with Gasteiger partial charge in [0.1, 0.15) is 15.9 Å². The first kappa shape index (κ1) is 23.9. The van der Waals surface area contributed by atoms with Crippen LogP contribution in [0.15, 0.2) is 58.3 Å². The summed E-state index contributed by atoms with van der Waals surface area (Å²) >= 11 is 0. The van der Waals surface area contributed by atoms with Gasteiger partial charge in [0.05, 0.1) is 5.56 Å². The number of halogens is 10. The Balaban J connectivity index is 0.000000280. The van der Waals surface area contributed by atoms with Gasteiger partial charge in [0.25, 0.3) is 0 Å². The molecule has 0 saturated heterocycles. The van der Waals surface area contributed by atoms with Crippen LogP contribution in [0.3, 0.4) is 0 Å². The highest BCUT2D eigenvalue weighted by Gasteiger charge is 2.67. The van der Waals surface area contributed by atoms with E-state index in [2.05, 4.69) is 0 Å². The van der Waals surface area contributed by atoms with Gasteiger partial charge in [-0.15, -0.1) is 0 Å². The van der Waals surface area contributed by atoms with Crippen LogP contribution >= 0.6 is 20.4 Å². The quantitative estimate of drug-likeness (QED) is 0.470. The van der Waals surface area contributed by atoms with E-state index >= 15 is 0 Å². The minimum absolute atomic E-state index is 0.208. The highest BCUT2D eigenvalue weighted by molar-refractivity contribution is 8.46. The molecule has 0 spiro atoms. The lowest BCUT2D eigenvalue weighted by atomic mass is 10.2. The highest BCUT2D eigenvalue weighted by atomic mass is 32.5. The normalized spacial score (nSPS) is 16.9. The molecule has 2 rings (SSSR count). The van der Waals surface area contributed by atoms with Crippen molar-refractivity contribution in [3.8, 4) is 6.07 Å². The number of hydrogen-bond donors (Lipinski definition) is 1. The van der Waals surface area contributed by atoms with E-state index in [1.54, 1.807) is 0 Å². The molecular weight excluding hydrogens is 450 g/mol. The van der Waals surface area contributed by atoms with Gasteiger partial charge in [0.15, 0.2) is 0 Å². The number of nitrogens with zero attached hydrogens (tertiary/aromatic N) is 1. The molecule has 160 valence electrons. The van der Waals surface area contributed by atoms with Crippen molar-refractivity contribution in [1.29, 1.82) is 5.26 Å². The summed E-state index contributed by atoms with van der Waals surface area (Å²) in [6.45, 7) is -0.568. The zero-order valence-electron chi connectivity index (χ0n) is 13.4. The van der Waals surface area contributed by atoms with Gasteiger partial charge in [-0.3, -0.25) is 0 Å². The van der Waals surface area contributed by atoms with Crippen molar-refractivity contribution in [3.63, 3.8) is 0 Å². The molecule has 0 fully saturated rings. The molecule has 0 atom stereocenters. The Morgan fingerprint density at radius 2 is 1.07 bits per heavy atom. The first-order valence-electron chi connectivity index (χ1n) is 6.84. The number of nitrogens with two attached hydrogens (primary N) is 1. The van der Waals surface area contributed by atoms with Crippen molar-refractivity contribution in [1.82, 2.24) is 0 Å². The predicted molar refractivity (Wildman–Crippen MR) is 88.3 cm³/mol.